The lowest BCUT2D eigenvalue weighted by Crippen LogP contribution is -2.41. The summed E-state index contributed by atoms with van der Waals surface area (Å²) >= 11 is 0. The van der Waals surface area contributed by atoms with Crippen LogP contribution in [0.3, 0.4) is 0 Å². The van der Waals surface area contributed by atoms with E-state index in [-0.39, 0.29) is 42.3 Å². The van der Waals surface area contributed by atoms with Gasteiger partial charge in [-0.1, -0.05) is 6.07 Å². The van der Waals surface area contributed by atoms with Crippen LogP contribution in [0.2, 0.25) is 0 Å². The Morgan fingerprint density at radius 3 is 2.45 bits per heavy atom. The molecule has 1 aliphatic rings. The molecule has 0 saturated carbocycles. The topological polar surface area (TPSA) is 95.9 Å². The highest BCUT2D eigenvalue weighted by Crippen LogP contribution is 2.36. The van der Waals surface area contributed by atoms with E-state index in [0.717, 1.165) is 16.9 Å². The molecule has 9 heteroatoms. The van der Waals surface area contributed by atoms with Gasteiger partial charge in [-0.15, -0.1) is 0 Å². The fourth-order valence-corrected chi connectivity index (χ4v) is 5.81. The lowest BCUT2D eigenvalue weighted by molar-refractivity contribution is -0.137. The van der Waals surface area contributed by atoms with Gasteiger partial charge in [0.1, 0.15) is 15.7 Å². The average molecular weight is 479 g/mol. The molecular weight excluding hydrogens is 447 g/mol. The van der Waals surface area contributed by atoms with Crippen molar-refractivity contribution < 1.29 is 27.4 Å². The molecule has 2 aromatic rings. The van der Waals surface area contributed by atoms with Crippen LogP contribution in [0.4, 0.5) is 21.5 Å². The van der Waals surface area contributed by atoms with Crippen molar-refractivity contribution in [3.63, 3.8) is 0 Å². The summed E-state index contributed by atoms with van der Waals surface area (Å²) in [6.45, 7) is 2.97. The number of carboxylic acids is 1. The second-order valence-corrected chi connectivity index (χ2v) is 10.6. The Kier molecular flexibility index (Phi) is 8.31. The number of rotatable bonds is 10. The molecule has 0 bridgehead atoms. The minimum atomic E-state index is -2.99. The first-order valence-electron chi connectivity index (χ1n) is 11.1. The highest BCUT2D eigenvalue weighted by atomic mass is 32.2. The van der Waals surface area contributed by atoms with Gasteiger partial charge in [-0.3, -0.25) is 4.79 Å². The lowest BCUT2D eigenvalue weighted by Gasteiger charge is -2.36. The minimum absolute atomic E-state index is 0.0683. The van der Waals surface area contributed by atoms with E-state index in [1.807, 2.05) is 25.1 Å². The van der Waals surface area contributed by atoms with Crippen molar-refractivity contribution in [3.8, 4) is 0 Å². The second kappa shape index (κ2) is 11.0. The molecule has 7 nitrogen and oxygen atoms in total. The van der Waals surface area contributed by atoms with E-state index >= 15 is 0 Å². The predicted molar refractivity (Wildman–Crippen MR) is 128 cm³/mol. The zero-order chi connectivity index (χ0) is 24.0. The summed E-state index contributed by atoms with van der Waals surface area (Å²) in [5, 5.41) is 12.7. The van der Waals surface area contributed by atoms with E-state index in [0.29, 0.717) is 25.1 Å². The number of nitrogens with zero attached hydrogens (tertiary/aromatic N) is 1. The van der Waals surface area contributed by atoms with E-state index in [1.54, 1.807) is 12.1 Å². The molecule has 0 radical (unpaired) electrons. The third-order valence-electron chi connectivity index (χ3n) is 6.02. The molecule has 1 saturated heterocycles. The molecular formula is C24H31FN2O5S. The number of aliphatic carboxylic acids is 1. The molecule has 0 aromatic heterocycles. The molecule has 0 spiro atoms. The van der Waals surface area contributed by atoms with Crippen molar-refractivity contribution in [1.82, 2.24) is 0 Å². The number of sulfone groups is 1. The number of hydrogen-bond acceptors (Lipinski definition) is 6. The normalized spacial score (nSPS) is 16.8. The zero-order valence-electron chi connectivity index (χ0n) is 19.0. The van der Waals surface area contributed by atoms with Crippen LogP contribution in [-0.4, -0.2) is 57.3 Å². The maximum atomic E-state index is 13.4. The van der Waals surface area contributed by atoms with Gasteiger partial charge in [-0.05, 0) is 61.7 Å². The maximum absolute atomic E-state index is 13.4. The highest BCUT2D eigenvalue weighted by molar-refractivity contribution is 7.91. The number of nitrogens with one attached hydrogen (secondary N) is 1. The fourth-order valence-electron chi connectivity index (χ4n) is 4.35. The number of hydrogen-bond donors (Lipinski definition) is 2. The molecule has 1 unspecified atom stereocenters. The third-order valence-corrected chi connectivity index (χ3v) is 7.73. The number of carboxylic acid groups (broad SMARTS) is 1. The SMILES string of the molecule is CCN(c1ccc(C(COC)CC(=O)O)cc1Nc1ccc(F)cc1)C1CCS(=O)(=O)CC1. The Labute approximate surface area is 194 Å². The van der Waals surface area contributed by atoms with Crippen LogP contribution in [0.25, 0.3) is 0 Å². The van der Waals surface area contributed by atoms with Gasteiger partial charge in [0.2, 0.25) is 0 Å². The van der Waals surface area contributed by atoms with Crippen LogP contribution < -0.4 is 10.2 Å². The van der Waals surface area contributed by atoms with Gasteiger partial charge in [-0.2, -0.15) is 0 Å². The van der Waals surface area contributed by atoms with E-state index < -0.39 is 15.8 Å². The Morgan fingerprint density at radius 2 is 1.88 bits per heavy atom. The average Bonchev–Trinajstić information content (AvgIpc) is 2.77. The minimum Gasteiger partial charge on any atom is -0.481 e. The number of anilines is 3. The van der Waals surface area contributed by atoms with Crippen molar-refractivity contribution in [2.75, 3.05) is 42.0 Å². The van der Waals surface area contributed by atoms with Crippen molar-refractivity contribution in [2.24, 2.45) is 0 Å². The van der Waals surface area contributed by atoms with Gasteiger partial charge in [-0.25, -0.2) is 12.8 Å². The zero-order valence-corrected chi connectivity index (χ0v) is 19.8. The van der Waals surface area contributed by atoms with E-state index in [2.05, 4.69) is 10.2 Å². The van der Waals surface area contributed by atoms with Gasteiger partial charge in [0.25, 0.3) is 0 Å². The molecule has 3 rings (SSSR count). The van der Waals surface area contributed by atoms with Crippen LogP contribution >= 0.6 is 0 Å². The van der Waals surface area contributed by atoms with E-state index in [4.69, 9.17) is 4.74 Å². The lowest BCUT2D eigenvalue weighted by atomic mass is 9.95. The fraction of sp³-hybridized carbons (Fsp3) is 0.458. The molecule has 1 fully saturated rings. The summed E-state index contributed by atoms with van der Waals surface area (Å²) in [6.07, 6.45) is 1.04. The summed E-state index contributed by atoms with van der Waals surface area (Å²) in [6, 6.07) is 11.8. The summed E-state index contributed by atoms with van der Waals surface area (Å²) in [4.78, 5) is 13.6. The molecule has 1 aliphatic heterocycles. The second-order valence-electron chi connectivity index (χ2n) is 8.33. The quantitative estimate of drug-likeness (QED) is 0.529. The first-order chi connectivity index (χ1) is 15.7. The van der Waals surface area contributed by atoms with Gasteiger partial charge >= 0.3 is 5.97 Å². The van der Waals surface area contributed by atoms with E-state index in [1.165, 1.54) is 19.2 Å². The molecule has 33 heavy (non-hydrogen) atoms. The molecule has 0 aliphatic carbocycles. The number of ether oxygens (including phenoxy) is 1. The largest absolute Gasteiger partial charge is 0.481 e. The van der Waals surface area contributed by atoms with Crippen LogP contribution in [0.1, 0.15) is 37.7 Å². The van der Waals surface area contributed by atoms with Crippen molar-refractivity contribution in [1.29, 1.82) is 0 Å². The monoisotopic (exact) mass is 478 g/mol. The highest BCUT2D eigenvalue weighted by Gasteiger charge is 2.29. The first kappa shape index (κ1) is 25.0. The van der Waals surface area contributed by atoms with Crippen molar-refractivity contribution in [3.05, 3.63) is 53.8 Å². The van der Waals surface area contributed by atoms with Crippen molar-refractivity contribution >= 4 is 32.9 Å². The molecule has 1 heterocycles. The molecule has 2 aromatic carbocycles. The van der Waals surface area contributed by atoms with Crippen molar-refractivity contribution in [2.45, 2.75) is 38.1 Å². The van der Waals surface area contributed by atoms with Gasteiger partial charge in [0.05, 0.1) is 35.9 Å². The number of benzene rings is 2. The molecule has 180 valence electrons. The summed E-state index contributed by atoms with van der Waals surface area (Å²) in [5.74, 6) is -1.24. The summed E-state index contributed by atoms with van der Waals surface area (Å²) in [5.41, 5.74) is 3.15. The molecule has 2 N–H and O–H groups in total. The number of halogens is 1. The number of carbonyl (C=O) groups is 1. The molecule has 1 atom stereocenters. The Bertz CT molecular complexity index is 1050. The van der Waals surface area contributed by atoms with E-state index in [9.17, 15) is 22.7 Å². The summed E-state index contributed by atoms with van der Waals surface area (Å²) in [7, 11) is -1.45. The van der Waals surface area contributed by atoms with Crippen LogP contribution in [0.5, 0.6) is 0 Å². The van der Waals surface area contributed by atoms with Crippen LogP contribution in [0, 0.1) is 5.82 Å². The Balaban J connectivity index is 1.99. The standard InChI is InChI=1S/C24H31FN2O5S/c1-3-27(21-10-12-33(30,31)13-11-21)23-9-4-17(18(16-32-2)15-24(28)29)14-22(23)26-20-7-5-19(25)6-8-20/h4-9,14,18,21,26H,3,10-13,15-16H2,1-2H3,(H,28,29). The first-order valence-corrected chi connectivity index (χ1v) is 12.9. The Hall–Kier alpha value is -2.65. The van der Waals surface area contributed by atoms with Crippen LogP contribution in [0.15, 0.2) is 42.5 Å². The smallest absolute Gasteiger partial charge is 0.304 e. The van der Waals surface area contributed by atoms with Gasteiger partial charge < -0.3 is 20.1 Å². The van der Waals surface area contributed by atoms with Gasteiger partial charge in [0, 0.05) is 31.3 Å². The maximum Gasteiger partial charge on any atom is 0.304 e. The van der Waals surface area contributed by atoms with Gasteiger partial charge in [0.15, 0.2) is 0 Å². The predicted octanol–water partition coefficient (Wildman–Crippen LogP) is 4.18. The number of methoxy groups -OCH3 is 1. The molecule has 0 amide bonds. The Morgan fingerprint density at radius 1 is 1.21 bits per heavy atom. The van der Waals surface area contributed by atoms with Crippen LogP contribution in [-0.2, 0) is 19.4 Å². The summed E-state index contributed by atoms with van der Waals surface area (Å²) < 4.78 is 42.5. The third kappa shape index (κ3) is 6.68.